The molecule has 19 heavy (non-hydrogen) atoms. The topological polar surface area (TPSA) is 121 Å². The van der Waals surface area contributed by atoms with Crippen molar-refractivity contribution < 1.29 is 22.0 Å². The van der Waals surface area contributed by atoms with Crippen molar-refractivity contribution in [2.45, 2.75) is 0 Å². The Hall–Kier alpha value is -1.54. The Morgan fingerprint density at radius 1 is 1.00 bits per heavy atom. The zero-order valence-electron chi connectivity index (χ0n) is 9.05. The number of nitrogens with zero attached hydrogens (tertiary/aromatic N) is 5. The van der Waals surface area contributed by atoms with Gasteiger partial charge in [-0.25, -0.2) is 19.9 Å². The number of hydrogen-bond donors (Lipinski definition) is 1. The number of halogens is 2. The van der Waals surface area contributed by atoms with Gasteiger partial charge in [-0.1, -0.05) is 0 Å². The van der Waals surface area contributed by atoms with E-state index in [2.05, 4.69) is 19.9 Å². The standard InChI is InChI=1S/C4H2ClN3O2.C4H4ClN3.Fe/c5-4-6-1-3(2-7-4)8(9)10;5-4-7-1-3(6)2-8-4;/h1-2H;1-2H,6H2;. The Morgan fingerprint density at radius 2 is 1.37 bits per heavy atom. The number of rotatable bonds is 1. The minimum Gasteiger partial charge on any atom is -0.396 e. The molecule has 2 aromatic rings. The van der Waals surface area contributed by atoms with E-state index in [-0.39, 0.29) is 33.3 Å². The molecule has 2 aromatic heterocycles. The van der Waals surface area contributed by atoms with Crippen LogP contribution in [-0.2, 0) is 17.1 Å². The Morgan fingerprint density at radius 3 is 1.68 bits per heavy atom. The molecule has 0 saturated carbocycles. The number of nitrogen functional groups attached to an aromatic ring is 1. The van der Waals surface area contributed by atoms with Gasteiger partial charge in [0.2, 0.25) is 10.6 Å². The van der Waals surface area contributed by atoms with E-state index in [9.17, 15) is 10.1 Å². The van der Waals surface area contributed by atoms with Gasteiger partial charge in [-0.15, -0.1) is 0 Å². The van der Waals surface area contributed by atoms with E-state index in [1.165, 1.54) is 12.4 Å². The molecular formula is C8H6Cl2FeN6O2. The maximum absolute atomic E-state index is 9.99. The monoisotopic (exact) mass is 344 g/mol. The molecule has 0 bridgehead atoms. The predicted octanol–water partition coefficient (Wildman–Crippen LogP) is 1.75. The average molecular weight is 345 g/mol. The summed E-state index contributed by atoms with van der Waals surface area (Å²) in [5.74, 6) is 0. The molecular weight excluding hydrogens is 339 g/mol. The first-order chi connectivity index (χ1) is 8.49. The summed E-state index contributed by atoms with van der Waals surface area (Å²) in [7, 11) is 0. The van der Waals surface area contributed by atoms with Crippen molar-refractivity contribution in [2.24, 2.45) is 0 Å². The van der Waals surface area contributed by atoms with Gasteiger partial charge in [0.25, 0.3) is 0 Å². The molecule has 0 atom stereocenters. The van der Waals surface area contributed by atoms with E-state index in [0.29, 0.717) is 5.69 Å². The molecule has 2 heterocycles. The second-order valence-electron chi connectivity index (χ2n) is 2.75. The minimum absolute atomic E-state index is 0. The number of hydrogen-bond acceptors (Lipinski definition) is 7. The van der Waals surface area contributed by atoms with Crippen LogP contribution >= 0.6 is 23.2 Å². The van der Waals surface area contributed by atoms with Crippen LogP contribution in [0.25, 0.3) is 0 Å². The van der Waals surface area contributed by atoms with Crippen LogP contribution in [0.3, 0.4) is 0 Å². The van der Waals surface area contributed by atoms with E-state index < -0.39 is 4.92 Å². The summed E-state index contributed by atoms with van der Waals surface area (Å²) < 4.78 is 0. The Labute approximate surface area is 128 Å². The van der Waals surface area contributed by atoms with Crippen molar-refractivity contribution in [1.29, 1.82) is 0 Å². The Balaban J connectivity index is 0.000000331. The largest absolute Gasteiger partial charge is 0.396 e. The molecule has 0 aliphatic heterocycles. The predicted molar refractivity (Wildman–Crippen MR) is 65.2 cm³/mol. The van der Waals surface area contributed by atoms with Gasteiger partial charge in [-0.05, 0) is 23.2 Å². The maximum Gasteiger partial charge on any atom is 0.305 e. The summed E-state index contributed by atoms with van der Waals surface area (Å²) in [6.45, 7) is 0. The SMILES string of the molecule is Nc1cnc(Cl)nc1.O=[N+]([O-])c1cnc(Cl)nc1.[Fe]. The molecule has 102 valence electrons. The first-order valence-corrected chi connectivity index (χ1v) is 5.09. The summed E-state index contributed by atoms with van der Waals surface area (Å²) in [6.07, 6.45) is 5.01. The number of anilines is 1. The maximum atomic E-state index is 9.99. The van der Waals surface area contributed by atoms with Gasteiger partial charge in [0, 0.05) is 17.1 Å². The van der Waals surface area contributed by atoms with Crippen molar-refractivity contribution in [3.05, 3.63) is 45.5 Å². The zero-order valence-corrected chi connectivity index (χ0v) is 11.7. The summed E-state index contributed by atoms with van der Waals surface area (Å²) in [4.78, 5) is 23.4. The molecule has 8 nitrogen and oxygen atoms in total. The van der Waals surface area contributed by atoms with E-state index >= 15 is 0 Å². The summed E-state index contributed by atoms with van der Waals surface area (Å²) in [5.41, 5.74) is 5.60. The Kier molecular flexibility index (Phi) is 7.85. The van der Waals surface area contributed by atoms with Gasteiger partial charge in [0.05, 0.1) is 23.0 Å². The fraction of sp³-hybridized carbons (Fsp3) is 0. The van der Waals surface area contributed by atoms with Gasteiger partial charge in [0.15, 0.2) is 0 Å². The summed E-state index contributed by atoms with van der Waals surface area (Å²) >= 11 is 10.6. The van der Waals surface area contributed by atoms with Crippen LogP contribution in [0.1, 0.15) is 0 Å². The van der Waals surface area contributed by atoms with Crippen LogP contribution in [0.2, 0.25) is 10.6 Å². The molecule has 11 heteroatoms. The van der Waals surface area contributed by atoms with Crippen LogP contribution in [0.5, 0.6) is 0 Å². The number of nitrogens with two attached hydrogens (primary N) is 1. The number of nitro groups is 1. The fourth-order valence-electron chi connectivity index (χ4n) is 0.722. The zero-order chi connectivity index (χ0) is 13.5. The molecule has 0 aliphatic carbocycles. The van der Waals surface area contributed by atoms with Crippen LogP contribution in [-0.4, -0.2) is 24.9 Å². The summed E-state index contributed by atoms with van der Waals surface area (Å²) in [6, 6.07) is 0. The molecule has 0 fully saturated rings. The molecule has 2 rings (SSSR count). The molecule has 0 spiro atoms. The van der Waals surface area contributed by atoms with Crippen LogP contribution in [0.15, 0.2) is 24.8 Å². The van der Waals surface area contributed by atoms with E-state index in [4.69, 9.17) is 28.9 Å². The smallest absolute Gasteiger partial charge is 0.305 e. The quantitative estimate of drug-likeness (QED) is 0.362. The van der Waals surface area contributed by atoms with Crippen molar-refractivity contribution in [2.75, 3.05) is 5.73 Å². The third kappa shape index (κ3) is 6.82. The van der Waals surface area contributed by atoms with Gasteiger partial charge < -0.3 is 5.73 Å². The summed E-state index contributed by atoms with van der Waals surface area (Å²) in [5, 5.41) is 10.2. The minimum atomic E-state index is -0.587. The molecule has 0 aromatic carbocycles. The second-order valence-corrected chi connectivity index (χ2v) is 3.43. The van der Waals surface area contributed by atoms with Crippen molar-refractivity contribution >= 4 is 34.6 Å². The van der Waals surface area contributed by atoms with Crippen LogP contribution in [0.4, 0.5) is 11.4 Å². The normalized spacial score (nSPS) is 8.74. The first-order valence-electron chi connectivity index (χ1n) is 4.34. The molecule has 0 amide bonds. The third-order valence-corrected chi connectivity index (χ3v) is 1.85. The van der Waals surface area contributed by atoms with Gasteiger partial charge in [-0.2, -0.15) is 0 Å². The van der Waals surface area contributed by atoms with E-state index in [1.54, 1.807) is 0 Å². The average Bonchev–Trinajstić information content (AvgIpc) is 2.34. The molecule has 0 saturated heterocycles. The van der Waals surface area contributed by atoms with Gasteiger partial charge in [0.1, 0.15) is 12.4 Å². The van der Waals surface area contributed by atoms with Gasteiger partial charge >= 0.3 is 5.69 Å². The van der Waals surface area contributed by atoms with Crippen LogP contribution in [0, 0.1) is 10.1 Å². The van der Waals surface area contributed by atoms with Crippen molar-refractivity contribution in [3.8, 4) is 0 Å². The first kappa shape index (κ1) is 17.5. The van der Waals surface area contributed by atoms with Crippen molar-refractivity contribution in [1.82, 2.24) is 19.9 Å². The molecule has 2 N–H and O–H groups in total. The van der Waals surface area contributed by atoms with Crippen molar-refractivity contribution in [3.63, 3.8) is 0 Å². The molecule has 0 unspecified atom stereocenters. The fourth-order valence-corrected chi connectivity index (χ4v) is 0.917. The van der Waals surface area contributed by atoms with Gasteiger partial charge in [-0.3, -0.25) is 10.1 Å². The second kappa shape index (κ2) is 8.54. The van der Waals surface area contributed by atoms with E-state index in [1.807, 2.05) is 0 Å². The van der Waals surface area contributed by atoms with E-state index in [0.717, 1.165) is 12.4 Å². The van der Waals surface area contributed by atoms with Crippen LogP contribution < -0.4 is 5.73 Å². The number of aromatic nitrogens is 4. The Bertz CT molecular complexity index is 503. The molecule has 0 aliphatic rings. The third-order valence-electron chi connectivity index (χ3n) is 1.46. The molecule has 0 radical (unpaired) electrons.